The van der Waals surface area contributed by atoms with Crippen molar-refractivity contribution >= 4 is 29.2 Å². The number of carbonyl (C=O) groups excluding carboxylic acids is 2. The van der Waals surface area contributed by atoms with Crippen LogP contribution in [-0.2, 0) is 11.2 Å². The molecule has 3 rings (SSSR count). The maximum atomic E-state index is 12.7. The number of carbonyl (C=O) groups is 2. The molecule has 1 aliphatic heterocycles. The fourth-order valence-electron chi connectivity index (χ4n) is 3.74. The molecular weight excluding hydrogens is 406 g/mol. The number of likely N-dealkylation sites (tertiary alicyclic amines) is 1. The monoisotopic (exact) mass is 433 g/mol. The number of aromatic amines is 1. The topological polar surface area (TPSA) is 130 Å². The maximum Gasteiger partial charge on any atom is 0.272 e. The molecule has 0 saturated carbocycles. The van der Waals surface area contributed by atoms with Crippen molar-refractivity contribution in [3.8, 4) is 0 Å². The normalized spacial score (nSPS) is 15.8. The van der Waals surface area contributed by atoms with E-state index in [9.17, 15) is 9.59 Å². The van der Waals surface area contributed by atoms with Gasteiger partial charge in [0.1, 0.15) is 28.5 Å². The summed E-state index contributed by atoms with van der Waals surface area (Å²) in [5.41, 5.74) is 7.86. The maximum absolute atomic E-state index is 12.7. The zero-order valence-corrected chi connectivity index (χ0v) is 18.3. The molecule has 1 atom stereocenters. The highest BCUT2D eigenvalue weighted by molar-refractivity contribution is 6.30. The molecule has 1 fully saturated rings. The van der Waals surface area contributed by atoms with Crippen LogP contribution in [0.4, 0.5) is 5.82 Å². The Balaban J connectivity index is 1.46. The van der Waals surface area contributed by atoms with Crippen molar-refractivity contribution < 1.29 is 9.59 Å². The Bertz CT molecular complexity index is 899. The zero-order chi connectivity index (χ0) is 21.8. The summed E-state index contributed by atoms with van der Waals surface area (Å²) >= 11 is 6.21. The second-order valence-corrected chi connectivity index (χ2v) is 8.22. The van der Waals surface area contributed by atoms with Crippen molar-refractivity contribution in [2.75, 3.05) is 18.8 Å². The first kappa shape index (κ1) is 22.0. The van der Waals surface area contributed by atoms with Gasteiger partial charge in [0.15, 0.2) is 0 Å². The van der Waals surface area contributed by atoms with Crippen molar-refractivity contribution in [1.29, 1.82) is 0 Å². The lowest BCUT2D eigenvalue weighted by atomic mass is 9.90. The number of hydrogen-bond donors (Lipinski definition) is 3. The molecule has 4 N–H and O–H groups in total. The average Bonchev–Trinajstić information content (AvgIpc) is 3.13. The van der Waals surface area contributed by atoms with Crippen LogP contribution >= 0.6 is 11.6 Å². The van der Waals surface area contributed by atoms with Crippen LogP contribution in [0.25, 0.3) is 0 Å². The number of amides is 2. The largest absolute Gasteiger partial charge is 0.383 e. The molecule has 1 aliphatic rings. The van der Waals surface area contributed by atoms with Gasteiger partial charge in [0, 0.05) is 24.3 Å². The van der Waals surface area contributed by atoms with Gasteiger partial charge in [0.2, 0.25) is 5.91 Å². The molecule has 0 bridgehead atoms. The summed E-state index contributed by atoms with van der Waals surface area (Å²) in [6.45, 7) is 6.61. The van der Waals surface area contributed by atoms with Gasteiger partial charge in [-0.1, -0.05) is 11.6 Å². The highest BCUT2D eigenvalue weighted by atomic mass is 35.5. The number of halogens is 1. The number of nitrogen functional groups attached to an aromatic ring is 1. The summed E-state index contributed by atoms with van der Waals surface area (Å²) in [7, 11) is 0. The molecule has 0 aliphatic carbocycles. The predicted molar refractivity (Wildman–Crippen MR) is 114 cm³/mol. The first-order valence-corrected chi connectivity index (χ1v) is 10.5. The Morgan fingerprint density at radius 2 is 2.03 bits per heavy atom. The Hall–Kier alpha value is -2.68. The van der Waals surface area contributed by atoms with E-state index in [2.05, 4.69) is 25.5 Å². The summed E-state index contributed by atoms with van der Waals surface area (Å²) in [4.78, 5) is 35.1. The SMILES string of the molecule is Cc1nc(N)c(CCC2CCN(C(=O)C(C)NC(=O)c3cc(C)[nH]n3)CC2)c(Cl)n1. The van der Waals surface area contributed by atoms with E-state index in [1.54, 1.807) is 19.9 Å². The smallest absolute Gasteiger partial charge is 0.272 e. The van der Waals surface area contributed by atoms with Crippen molar-refractivity contribution in [2.24, 2.45) is 5.92 Å². The van der Waals surface area contributed by atoms with E-state index in [0.717, 1.165) is 36.9 Å². The molecule has 3 heterocycles. The standard InChI is InChI=1S/C20H28ClN7O2/c1-11-10-16(27-26-11)19(29)23-12(2)20(30)28-8-6-14(7-9-28)4-5-15-17(21)24-13(3)25-18(15)22/h10,12,14H,4-9H2,1-3H3,(H,23,29)(H,26,27)(H2,22,24,25). The van der Waals surface area contributed by atoms with Crippen LogP contribution in [0.3, 0.4) is 0 Å². The highest BCUT2D eigenvalue weighted by Crippen LogP contribution is 2.26. The zero-order valence-electron chi connectivity index (χ0n) is 17.5. The van der Waals surface area contributed by atoms with Gasteiger partial charge in [0.25, 0.3) is 5.91 Å². The van der Waals surface area contributed by atoms with Gasteiger partial charge in [-0.05, 0) is 58.4 Å². The third kappa shape index (κ3) is 5.27. The minimum atomic E-state index is -0.602. The number of hydrogen-bond acceptors (Lipinski definition) is 6. The van der Waals surface area contributed by atoms with Crippen LogP contribution in [0.2, 0.25) is 5.15 Å². The first-order valence-electron chi connectivity index (χ1n) is 10.1. The number of nitrogens with two attached hydrogens (primary N) is 1. The lowest BCUT2D eigenvalue weighted by Crippen LogP contribution is -2.49. The van der Waals surface area contributed by atoms with E-state index in [4.69, 9.17) is 17.3 Å². The van der Waals surface area contributed by atoms with Crippen molar-refractivity contribution in [3.63, 3.8) is 0 Å². The predicted octanol–water partition coefficient (Wildman–Crippen LogP) is 2.04. The molecule has 10 heteroatoms. The van der Waals surface area contributed by atoms with E-state index >= 15 is 0 Å². The lowest BCUT2D eigenvalue weighted by Gasteiger charge is -2.33. The second-order valence-electron chi connectivity index (χ2n) is 7.86. The molecule has 1 unspecified atom stereocenters. The van der Waals surface area contributed by atoms with Crippen LogP contribution in [-0.4, -0.2) is 56.0 Å². The molecule has 162 valence electrons. The summed E-state index contributed by atoms with van der Waals surface area (Å²) in [5.74, 6) is 1.05. The second kappa shape index (κ2) is 9.42. The molecule has 1 saturated heterocycles. The van der Waals surface area contributed by atoms with Gasteiger partial charge in [-0.15, -0.1) is 0 Å². The van der Waals surface area contributed by atoms with Gasteiger partial charge >= 0.3 is 0 Å². The van der Waals surface area contributed by atoms with Gasteiger partial charge in [-0.2, -0.15) is 5.10 Å². The number of piperidine rings is 1. The number of nitrogens with one attached hydrogen (secondary N) is 2. The lowest BCUT2D eigenvalue weighted by molar-refractivity contribution is -0.134. The molecular formula is C20H28ClN7O2. The van der Waals surface area contributed by atoms with E-state index < -0.39 is 6.04 Å². The van der Waals surface area contributed by atoms with Gasteiger partial charge < -0.3 is 16.0 Å². The van der Waals surface area contributed by atoms with Crippen LogP contribution < -0.4 is 11.1 Å². The molecule has 2 amide bonds. The first-order chi connectivity index (χ1) is 14.2. The molecule has 0 spiro atoms. The van der Waals surface area contributed by atoms with Crippen molar-refractivity contribution in [3.05, 3.63) is 34.0 Å². The van der Waals surface area contributed by atoms with Gasteiger partial charge in [-0.25, -0.2) is 9.97 Å². The molecule has 30 heavy (non-hydrogen) atoms. The third-order valence-electron chi connectivity index (χ3n) is 5.49. The van der Waals surface area contributed by atoms with E-state index in [1.807, 2.05) is 11.8 Å². The average molecular weight is 434 g/mol. The fourth-order valence-corrected chi connectivity index (χ4v) is 4.06. The molecule has 0 radical (unpaired) electrons. The Labute approximate surface area is 180 Å². The van der Waals surface area contributed by atoms with E-state index in [0.29, 0.717) is 35.8 Å². The third-order valence-corrected chi connectivity index (χ3v) is 5.80. The number of rotatable bonds is 6. The summed E-state index contributed by atoms with van der Waals surface area (Å²) in [5, 5.41) is 9.79. The quantitative estimate of drug-likeness (QED) is 0.597. The molecule has 0 aromatic carbocycles. The van der Waals surface area contributed by atoms with E-state index in [1.165, 1.54) is 0 Å². The summed E-state index contributed by atoms with van der Waals surface area (Å²) in [6.07, 6.45) is 3.44. The Morgan fingerprint density at radius 3 is 2.63 bits per heavy atom. The number of nitrogens with zero attached hydrogens (tertiary/aromatic N) is 4. The van der Waals surface area contributed by atoms with Crippen LogP contribution in [0, 0.1) is 19.8 Å². The van der Waals surface area contributed by atoms with Crippen LogP contribution in [0.1, 0.15) is 53.8 Å². The fraction of sp³-hybridized carbons (Fsp3) is 0.550. The minimum Gasteiger partial charge on any atom is -0.383 e. The van der Waals surface area contributed by atoms with Crippen molar-refractivity contribution in [2.45, 2.75) is 52.5 Å². The Kier molecular flexibility index (Phi) is 6.91. The molecule has 9 nitrogen and oxygen atoms in total. The molecule has 2 aromatic heterocycles. The van der Waals surface area contributed by atoms with E-state index in [-0.39, 0.29) is 17.5 Å². The van der Waals surface area contributed by atoms with Gasteiger partial charge in [0.05, 0.1) is 0 Å². The summed E-state index contributed by atoms with van der Waals surface area (Å²) in [6, 6.07) is 1.05. The van der Waals surface area contributed by atoms with Crippen molar-refractivity contribution in [1.82, 2.24) is 30.4 Å². The number of anilines is 1. The summed E-state index contributed by atoms with van der Waals surface area (Å²) < 4.78 is 0. The Morgan fingerprint density at radius 1 is 1.33 bits per heavy atom. The number of aryl methyl sites for hydroxylation is 2. The number of aromatic nitrogens is 4. The molecule has 2 aromatic rings. The van der Waals surface area contributed by atoms with Gasteiger partial charge in [-0.3, -0.25) is 14.7 Å². The number of H-pyrrole nitrogens is 1. The van der Waals surface area contributed by atoms with Crippen LogP contribution in [0.15, 0.2) is 6.07 Å². The minimum absolute atomic E-state index is 0.0757. The van der Waals surface area contributed by atoms with Crippen LogP contribution in [0.5, 0.6) is 0 Å². The highest BCUT2D eigenvalue weighted by Gasteiger charge is 2.27.